The first kappa shape index (κ1) is 67.8. The van der Waals surface area contributed by atoms with Gasteiger partial charge in [-0.3, -0.25) is 0 Å². The third-order valence-corrected chi connectivity index (χ3v) is 18.4. The van der Waals surface area contributed by atoms with E-state index in [-0.39, 0.29) is 42.1 Å². The molecule has 0 aliphatic carbocycles. The van der Waals surface area contributed by atoms with Crippen molar-refractivity contribution in [1.29, 1.82) is 0 Å². The van der Waals surface area contributed by atoms with Crippen molar-refractivity contribution in [3.63, 3.8) is 0 Å². The van der Waals surface area contributed by atoms with Crippen molar-refractivity contribution in [3.8, 4) is 23.0 Å². The Balaban J connectivity index is 0.000000298. The van der Waals surface area contributed by atoms with Crippen LogP contribution in [0, 0.1) is 13.8 Å². The summed E-state index contributed by atoms with van der Waals surface area (Å²) in [6.45, 7) is 10.1. The van der Waals surface area contributed by atoms with Crippen molar-refractivity contribution in [2.45, 2.75) is 203 Å². The van der Waals surface area contributed by atoms with E-state index in [1.54, 1.807) is 19.2 Å². The molecule has 0 unspecified atom stereocenters. The molecule has 4 aromatic rings. The maximum absolute atomic E-state index is 12.9. The molecule has 17 heteroatoms. The molecule has 0 saturated heterocycles. The molecule has 0 amide bonds. The van der Waals surface area contributed by atoms with Gasteiger partial charge in [0.2, 0.25) is 0 Å². The zero-order valence-electron chi connectivity index (χ0n) is 48.0. The lowest BCUT2D eigenvalue weighted by Gasteiger charge is -2.43. The van der Waals surface area contributed by atoms with Crippen LogP contribution in [0.5, 0.6) is 23.0 Å². The van der Waals surface area contributed by atoms with Gasteiger partial charge >= 0.3 is 24.2 Å². The number of thioether (sulfide) groups is 2. The summed E-state index contributed by atoms with van der Waals surface area (Å²) in [5, 5.41) is 9.95. The predicted molar refractivity (Wildman–Crippen MR) is 310 cm³/mol. The molecule has 5 nitrogen and oxygen atoms in total. The van der Waals surface area contributed by atoms with Crippen molar-refractivity contribution >= 4 is 23.5 Å². The van der Waals surface area contributed by atoms with Gasteiger partial charge in [0, 0.05) is 54.7 Å². The third kappa shape index (κ3) is 20.7. The second-order valence-electron chi connectivity index (χ2n) is 22.6. The predicted octanol–water partition coefficient (Wildman–Crippen LogP) is 20.2. The first-order valence-electron chi connectivity index (χ1n) is 28.9. The van der Waals surface area contributed by atoms with Crippen LogP contribution >= 0.6 is 23.5 Å². The summed E-state index contributed by atoms with van der Waals surface area (Å²) in [6.07, 6.45) is 4.01. The van der Waals surface area contributed by atoms with Crippen LogP contribution in [0.1, 0.15) is 187 Å². The van der Waals surface area contributed by atoms with E-state index in [1.165, 1.54) is 51.3 Å². The summed E-state index contributed by atoms with van der Waals surface area (Å²) in [7, 11) is 1.60. The second kappa shape index (κ2) is 32.4. The highest BCUT2D eigenvalue weighted by molar-refractivity contribution is 7.99. The number of methoxy groups -OCH3 is 1. The first-order valence-corrected chi connectivity index (χ1v) is 31.3. The number of ether oxygens (including phenoxy) is 4. The van der Waals surface area contributed by atoms with Crippen LogP contribution in [0.4, 0.5) is 43.9 Å². The van der Waals surface area contributed by atoms with Gasteiger partial charge in [0.05, 0.1) is 13.2 Å². The quantitative estimate of drug-likeness (QED) is 0.0290. The highest BCUT2D eigenvalue weighted by Crippen LogP contribution is 2.52. The minimum Gasteiger partial charge on any atom is -0.508 e. The van der Waals surface area contributed by atoms with Gasteiger partial charge < -0.3 is 24.1 Å². The number of fused-ring (bicyclic) bond motifs is 2. The van der Waals surface area contributed by atoms with Crippen LogP contribution in [0.15, 0.2) is 84.9 Å². The Morgan fingerprint density at radius 2 is 0.864 bits per heavy atom. The number of halogens is 10. The SMILES string of the molecule is COCOc1ccc2c(c1)OC[C@](C)(c1ccc(C)cc1)[C@@H]2CCCCCCCCCSCCCC(F)(F)C(F)(F)F.Cc1ccc([C@@]2(C)COc3cc(O)ccc3[C@H]2CCCCCCCCCSCCCC(F)(F)C(F)(F)F)cc1. The molecule has 4 aromatic carbocycles. The molecule has 1 N–H and O–H groups in total. The Labute approximate surface area is 483 Å². The fraction of sp³-hybridized carbons (Fsp3) is 0.625. The van der Waals surface area contributed by atoms with Gasteiger partial charge in [-0.1, -0.05) is 163 Å². The van der Waals surface area contributed by atoms with E-state index in [0.29, 0.717) is 30.6 Å². The Hall–Kier alpha value is -3.96. The average Bonchev–Trinajstić information content (AvgIpc) is 3.46. The minimum absolute atomic E-state index is 0.125. The molecule has 0 spiro atoms. The standard InChI is InChI=1S/C33H45F5O3S.C31H41F5O2S/c1-25-13-15-26(16-14-25)31(2)23-40-30-22-27(41-24-39-3)17-18-28(30)29(31)12-9-7-5-4-6-8-10-20-42-21-11-19-32(34,35)33(36,37)38;1-23-12-14-24(15-13-23)29(2)22-38-28-21-25(37)16-17-26(28)27(29)11-8-6-4-3-5-7-9-19-39-20-10-18-30(32,33)31(34,35)36/h13-18,22,29H,4-12,19-21,23-24H2,1-3H3;12-17,21,27,37H,3-11,18-20,22H2,1-2H3/t29-,31-;27-,29-/m11/s1. The van der Waals surface area contributed by atoms with Gasteiger partial charge in [-0.25, -0.2) is 0 Å². The summed E-state index contributed by atoms with van der Waals surface area (Å²) in [5.74, 6) is -3.68. The summed E-state index contributed by atoms with van der Waals surface area (Å²) in [6, 6.07) is 29.0. The first-order chi connectivity index (χ1) is 38.4. The van der Waals surface area contributed by atoms with Gasteiger partial charge in [0.1, 0.15) is 23.0 Å². The maximum atomic E-state index is 12.9. The number of aryl methyl sites for hydroxylation is 2. The van der Waals surface area contributed by atoms with E-state index in [2.05, 4.69) is 82.3 Å². The van der Waals surface area contributed by atoms with Gasteiger partial charge in [0.15, 0.2) is 6.79 Å². The monoisotopic (exact) mass is 1190 g/mol. The van der Waals surface area contributed by atoms with Gasteiger partial charge in [0.25, 0.3) is 0 Å². The number of benzene rings is 4. The molecule has 2 aliphatic rings. The average molecular weight is 1190 g/mol. The number of unbranched alkanes of at least 4 members (excludes halogenated alkanes) is 12. The normalized spacial score (nSPS) is 19.2. The second-order valence-corrected chi connectivity index (χ2v) is 25.0. The van der Waals surface area contributed by atoms with E-state index in [4.69, 9.17) is 18.9 Å². The van der Waals surface area contributed by atoms with Crippen LogP contribution in [0.2, 0.25) is 0 Å². The Kier molecular flexibility index (Phi) is 27.1. The fourth-order valence-corrected chi connectivity index (χ4v) is 12.9. The van der Waals surface area contributed by atoms with Crippen LogP contribution in [0.3, 0.4) is 0 Å². The van der Waals surface area contributed by atoms with Crippen LogP contribution in [0.25, 0.3) is 0 Å². The number of phenolic OH excluding ortho intramolecular Hbond substituents is 1. The van der Waals surface area contributed by atoms with Crippen molar-refractivity contribution in [2.75, 3.05) is 50.1 Å². The maximum Gasteiger partial charge on any atom is 0.453 e. The molecule has 0 aromatic heterocycles. The molecule has 2 heterocycles. The van der Waals surface area contributed by atoms with E-state index in [9.17, 15) is 49.0 Å². The summed E-state index contributed by atoms with van der Waals surface area (Å²) in [4.78, 5) is 0. The summed E-state index contributed by atoms with van der Waals surface area (Å²) < 4.78 is 148. The molecule has 0 fully saturated rings. The van der Waals surface area contributed by atoms with Gasteiger partial charge in [-0.05, 0) is 110 Å². The molecule has 81 heavy (non-hydrogen) atoms. The Bertz CT molecular complexity index is 2440. The van der Waals surface area contributed by atoms with Crippen molar-refractivity contribution in [1.82, 2.24) is 0 Å². The summed E-state index contributed by atoms with van der Waals surface area (Å²) in [5.41, 5.74) is 7.09. The molecule has 2 aliphatic heterocycles. The number of hydrogen-bond donors (Lipinski definition) is 1. The molecule has 4 atom stereocenters. The van der Waals surface area contributed by atoms with E-state index >= 15 is 0 Å². The molecule has 0 radical (unpaired) electrons. The highest BCUT2D eigenvalue weighted by atomic mass is 32.2. The third-order valence-electron chi connectivity index (χ3n) is 16.0. The van der Waals surface area contributed by atoms with E-state index < -0.39 is 37.0 Å². The molecule has 454 valence electrons. The molecule has 0 bridgehead atoms. The highest BCUT2D eigenvalue weighted by Gasteiger charge is 2.57. The number of hydrogen-bond acceptors (Lipinski definition) is 7. The lowest BCUT2D eigenvalue weighted by molar-refractivity contribution is -0.284. The van der Waals surface area contributed by atoms with Crippen molar-refractivity contribution in [3.05, 3.63) is 118 Å². The lowest BCUT2D eigenvalue weighted by atomic mass is 9.66. The van der Waals surface area contributed by atoms with E-state index in [1.807, 2.05) is 18.2 Å². The van der Waals surface area contributed by atoms with Crippen LogP contribution < -0.4 is 14.2 Å². The van der Waals surface area contributed by atoms with Crippen LogP contribution in [-0.4, -0.2) is 79.4 Å². The smallest absolute Gasteiger partial charge is 0.453 e. The molecule has 0 saturated carbocycles. The zero-order chi connectivity index (χ0) is 59.2. The molecular weight excluding hydrogens is 1100 g/mol. The minimum atomic E-state index is -5.45. The Morgan fingerprint density at radius 3 is 1.27 bits per heavy atom. The van der Waals surface area contributed by atoms with Crippen molar-refractivity contribution < 1.29 is 68.0 Å². The molecular formula is C64H86F10O5S2. The number of rotatable bonds is 33. The number of alkyl halides is 10. The Morgan fingerprint density at radius 1 is 0.494 bits per heavy atom. The van der Waals surface area contributed by atoms with Gasteiger partial charge in [-0.15, -0.1) is 0 Å². The number of phenols is 1. The van der Waals surface area contributed by atoms with Crippen molar-refractivity contribution in [2.24, 2.45) is 0 Å². The fourth-order valence-electron chi connectivity index (χ4n) is 11.0. The number of aromatic hydroxyl groups is 1. The molecule has 6 rings (SSSR count). The van der Waals surface area contributed by atoms with Crippen LogP contribution in [-0.2, 0) is 15.6 Å². The zero-order valence-corrected chi connectivity index (χ0v) is 49.6. The van der Waals surface area contributed by atoms with Gasteiger partial charge in [-0.2, -0.15) is 67.4 Å². The van der Waals surface area contributed by atoms with E-state index in [0.717, 1.165) is 137 Å². The topological polar surface area (TPSA) is 57.2 Å². The largest absolute Gasteiger partial charge is 0.508 e. The summed E-state index contributed by atoms with van der Waals surface area (Å²) >= 11 is 2.92. The lowest BCUT2D eigenvalue weighted by Crippen LogP contribution is -2.40.